The summed E-state index contributed by atoms with van der Waals surface area (Å²) in [6.45, 7) is 10.3. The molecule has 1 fully saturated rings. The van der Waals surface area contributed by atoms with Crippen molar-refractivity contribution in [2.24, 2.45) is 11.1 Å². The molecule has 3 amide bonds. The molecule has 3 atom stereocenters. The maximum Gasteiger partial charge on any atom is 0.494 e. The van der Waals surface area contributed by atoms with Gasteiger partial charge in [-0.2, -0.15) is 0 Å². The number of nitrogens with one attached hydrogen (secondary N) is 1. The van der Waals surface area contributed by atoms with E-state index in [9.17, 15) is 14.4 Å². The Balaban J connectivity index is 1.45. The van der Waals surface area contributed by atoms with E-state index in [1.54, 1.807) is 26.8 Å². The minimum atomic E-state index is -1.17. The molecule has 1 saturated heterocycles. The molecule has 3 N–H and O–H groups in total. The van der Waals surface area contributed by atoms with Gasteiger partial charge in [-0.05, 0) is 56.3 Å². The smallest absolute Gasteiger partial charge is 0.444 e. The fourth-order valence-electron chi connectivity index (χ4n) is 4.85. The number of hydrogen-bond donors (Lipinski definition) is 2. The van der Waals surface area contributed by atoms with Crippen LogP contribution in [0.2, 0.25) is 0 Å². The summed E-state index contributed by atoms with van der Waals surface area (Å²) in [6, 6.07) is 2.21. The second-order valence-electron chi connectivity index (χ2n) is 11.8. The van der Waals surface area contributed by atoms with Crippen LogP contribution in [0.1, 0.15) is 53.0 Å². The number of rotatable bonds is 6. The van der Waals surface area contributed by atoms with Crippen LogP contribution in [0.3, 0.4) is 0 Å². The Hall–Kier alpha value is -2.92. The van der Waals surface area contributed by atoms with Gasteiger partial charge in [0, 0.05) is 25.0 Å². The summed E-state index contributed by atoms with van der Waals surface area (Å²) in [4.78, 5) is 39.8. The predicted octanol–water partition coefficient (Wildman–Crippen LogP) is 1.81. The maximum atomic E-state index is 15.0. The van der Waals surface area contributed by atoms with Crippen LogP contribution in [0.15, 0.2) is 29.8 Å². The number of piperidine rings is 1. The summed E-state index contributed by atoms with van der Waals surface area (Å²) in [7, 11) is -0.673. The second-order valence-corrected chi connectivity index (χ2v) is 11.8. The highest BCUT2D eigenvalue weighted by molar-refractivity contribution is 6.61. The molecule has 0 spiro atoms. The van der Waals surface area contributed by atoms with Crippen molar-refractivity contribution in [1.82, 2.24) is 10.2 Å². The second kappa shape index (κ2) is 10.1. The molecule has 1 aromatic carbocycles. The monoisotopic (exact) mass is 515 g/mol. The number of carbonyl (C=O) groups is 3. The van der Waals surface area contributed by atoms with Crippen LogP contribution in [0, 0.1) is 11.2 Å². The van der Waals surface area contributed by atoms with Gasteiger partial charge in [-0.15, -0.1) is 0 Å². The topological polar surface area (TPSA) is 120 Å². The quantitative estimate of drug-likeness (QED) is 0.441. The molecule has 0 saturated carbocycles. The molecule has 2 aliphatic heterocycles. The molecule has 3 aliphatic rings. The number of likely N-dealkylation sites (tertiary alicyclic amines) is 1. The maximum absolute atomic E-state index is 15.0. The van der Waals surface area contributed by atoms with E-state index >= 15 is 4.39 Å². The first-order valence-electron chi connectivity index (χ1n) is 12.6. The summed E-state index contributed by atoms with van der Waals surface area (Å²) in [5, 5.41) is 2.63. The Morgan fingerprint density at radius 3 is 2.54 bits per heavy atom. The number of nitrogens with two attached hydrogens (primary N) is 1. The Morgan fingerprint density at radius 1 is 1.27 bits per heavy atom. The van der Waals surface area contributed by atoms with Gasteiger partial charge in [0.15, 0.2) is 0 Å². The summed E-state index contributed by atoms with van der Waals surface area (Å²) in [5.74, 6) is -1.92. The number of hydrogen-bond acceptors (Lipinski definition) is 6. The molecule has 11 heteroatoms. The fraction of sp³-hybridized carbons (Fsp3) is 0.577. The number of halogens is 1. The molecule has 2 bridgehead atoms. The van der Waals surface area contributed by atoms with E-state index in [4.69, 9.17) is 19.8 Å². The van der Waals surface area contributed by atoms with Crippen molar-refractivity contribution in [1.29, 1.82) is 0 Å². The van der Waals surface area contributed by atoms with Crippen LogP contribution in [-0.2, 0) is 30.1 Å². The summed E-state index contributed by atoms with van der Waals surface area (Å²) in [6.07, 6.45) is 2.52. The average Bonchev–Trinajstić information content (AvgIpc) is 3.40. The van der Waals surface area contributed by atoms with Gasteiger partial charge in [-0.3, -0.25) is 14.5 Å². The number of fused-ring (bicyclic) bond motifs is 1. The molecule has 0 radical (unpaired) electrons. The zero-order valence-electron chi connectivity index (χ0n) is 22.0. The SMILES string of the molecule is CC1(C)COB(c2ccc(CC(NC(=O)C3C4=CC(CC4)N3C(=O)OC(C)(C)C)C(N)=O)c(F)c2)OC1. The first-order valence-corrected chi connectivity index (χ1v) is 12.6. The first kappa shape index (κ1) is 27.1. The van der Waals surface area contributed by atoms with E-state index in [-0.39, 0.29) is 23.4 Å². The molecule has 200 valence electrons. The molecule has 0 aromatic heterocycles. The van der Waals surface area contributed by atoms with Crippen molar-refractivity contribution < 1.29 is 32.8 Å². The average molecular weight is 515 g/mol. The van der Waals surface area contributed by atoms with Crippen LogP contribution >= 0.6 is 0 Å². The number of ether oxygens (including phenoxy) is 1. The van der Waals surface area contributed by atoms with Gasteiger partial charge < -0.3 is 25.1 Å². The Bertz CT molecular complexity index is 1110. The van der Waals surface area contributed by atoms with E-state index < -0.39 is 48.5 Å². The standard InChI is InChI=1S/C26H35BFN3O6/c1-25(2,3)37-24(34)31-18-9-7-16(10-18)21(31)23(33)30-20(22(29)32)11-15-6-8-17(12-19(15)28)27-35-13-26(4,5)14-36-27/h6,8,10,12,18,20-21H,7,9,11,13-14H2,1-5H3,(H2,29,32)(H,30,33). The number of carbonyl (C=O) groups excluding carboxylic acids is 3. The minimum absolute atomic E-state index is 0.115. The van der Waals surface area contributed by atoms with E-state index in [2.05, 4.69) is 5.32 Å². The number of nitrogens with zero attached hydrogens (tertiary/aromatic N) is 1. The summed E-state index contributed by atoms with van der Waals surface area (Å²) in [5.41, 5.74) is 6.26. The highest BCUT2D eigenvalue weighted by atomic mass is 19.1. The van der Waals surface area contributed by atoms with Crippen molar-refractivity contribution in [3.63, 3.8) is 0 Å². The van der Waals surface area contributed by atoms with E-state index in [1.807, 2.05) is 19.9 Å². The van der Waals surface area contributed by atoms with Gasteiger partial charge in [0.25, 0.3) is 0 Å². The van der Waals surface area contributed by atoms with E-state index in [0.29, 0.717) is 31.5 Å². The predicted molar refractivity (Wildman–Crippen MR) is 135 cm³/mol. The fourth-order valence-corrected chi connectivity index (χ4v) is 4.85. The molecule has 1 aliphatic carbocycles. The molecular formula is C26H35BFN3O6. The van der Waals surface area contributed by atoms with Crippen LogP contribution in [-0.4, -0.2) is 66.9 Å². The molecule has 2 heterocycles. The van der Waals surface area contributed by atoms with Crippen molar-refractivity contribution in [2.75, 3.05) is 13.2 Å². The summed E-state index contributed by atoms with van der Waals surface area (Å²) < 4.78 is 32.0. The van der Waals surface area contributed by atoms with Crippen molar-refractivity contribution in [3.05, 3.63) is 41.2 Å². The van der Waals surface area contributed by atoms with Crippen molar-refractivity contribution in [3.8, 4) is 0 Å². The summed E-state index contributed by atoms with van der Waals surface area (Å²) >= 11 is 0. The molecule has 1 aromatic rings. The van der Waals surface area contributed by atoms with Crippen LogP contribution in [0.25, 0.3) is 0 Å². The van der Waals surface area contributed by atoms with Crippen molar-refractivity contribution >= 4 is 30.5 Å². The number of benzene rings is 1. The van der Waals surface area contributed by atoms with Crippen LogP contribution < -0.4 is 16.5 Å². The Morgan fingerprint density at radius 2 is 1.95 bits per heavy atom. The van der Waals surface area contributed by atoms with Gasteiger partial charge in [-0.1, -0.05) is 32.1 Å². The third kappa shape index (κ3) is 6.15. The highest BCUT2D eigenvalue weighted by Gasteiger charge is 2.47. The van der Waals surface area contributed by atoms with Gasteiger partial charge in [0.2, 0.25) is 11.8 Å². The van der Waals surface area contributed by atoms with Crippen LogP contribution in [0.5, 0.6) is 0 Å². The third-order valence-corrected chi connectivity index (χ3v) is 6.66. The van der Waals surface area contributed by atoms with Gasteiger partial charge in [-0.25, -0.2) is 9.18 Å². The molecule has 3 unspecified atom stereocenters. The molecule has 9 nitrogen and oxygen atoms in total. The Labute approximate surface area is 217 Å². The zero-order valence-corrected chi connectivity index (χ0v) is 22.0. The molecular weight excluding hydrogens is 480 g/mol. The number of amides is 3. The van der Waals surface area contributed by atoms with E-state index in [1.165, 1.54) is 17.0 Å². The lowest BCUT2D eigenvalue weighted by Crippen LogP contribution is -2.57. The van der Waals surface area contributed by atoms with Gasteiger partial charge >= 0.3 is 13.2 Å². The third-order valence-electron chi connectivity index (χ3n) is 6.66. The van der Waals surface area contributed by atoms with Crippen molar-refractivity contribution in [2.45, 2.75) is 77.6 Å². The normalized spacial score (nSPS) is 23.5. The van der Waals surface area contributed by atoms with Gasteiger partial charge in [0.05, 0.1) is 6.04 Å². The van der Waals surface area contributed by atoms with Crippen LogP contribution in [0.4, 0.5) is 9.18 Å². The van der Waals surface area contributed by atoms with E-state index in [0.717, 1.165) is 5.57 Å². The first-order chi connectivity index (χ1) is 17.2. The lowest BCUT2D eigenvalue weighted by molar-refractivity contribution is -0.130. The highest BCUT2D eigenvalue weighted by Crippen LogP contribution is 2.38. The number of primary amides is 1. The van der Waals surface area contributed by atoms with Gasteiger partial charge in [0.1, 0.15) is 23.5 Å². The lowest BCUT2D eigenvalue weighted by atomic mass is 9.75. The minimum Gasteiger partial charge on any atom is -0.444 e. The lowest BCUT2D eigenvalue weighted by Gasteiger charge is -2.36. The zero-order chi connectivity index (χ0) is 27.1. The largest absolute Gasteiger partial charge is 0.494 e. The Kier molecular flexibility index (Phi) is 7.40. The molecule has 37 heavy (non-hydrogen) atoms. The molecule has 4 rings (SSSR count).